The Morgan fingerprint density at radius 3 is 2.82 bits per heavy atom. The molecule has 0 radical (unpaired) electrons. The molecule has 2 aromatic rings. The van der Waals surface area contributed by atoms with Crippen molar-refractivity contribution in [2.24, 2.45) is 0 Å². The predicted octanol–water partition coefficient (Wildman–Crippen LogP) is 1.53. The van der Waals surface area contributed by atoms with Crippen LogP contribution >= 0.6 is 0 Å². The van der Waals surface area contributed by atoms with E-state index in [1.165, 1.54) is 12.3 Å². The monoisotopic (exact) mass is 231 g/mol. The van der Waals surface area contributed by atoms with Crippen LogP contribution in [0.4, 0.5) is 5.69 Å². The average Bonchev–Trinajstić information content (AvgIpc) is 2.84. The normalized spacial score (nSPS) is 10.2. The van der Waals surface area contributed by atoms with E-state index in [0.717, 1.165) is 5.56 Å². The Hall–Kier alpha value is -2.30. The zero-order chi connectivity index (χ0) is 12.3. The predicted molar refractivity (Wildman–Crippen MR) is 63.2 cm³/mol. The third-order valence-electron chi connectivity index (χ3n) is 2.47. The van der Waals surface area contributed by atoms with E-state index in [2.05, 4.69) is 9.68 Å². The molecule has 0 unspecified atom stereocenters. The fourth-order valence-electron chi connectivity index (χ4n) is 1.52. The van der Waals surface area contributed by atoms with Crippen molar-refractivity contribution in [3.63, 3.8) is 0 Å². The first-order chi connectivity index (χ1) is 8.18. The van der Waals surface area contributed by atoms with Crippen molar-refractivity contribution in [3.8, 4) is 0 Å². The van der Waals surface area contributed by atoms with Crippen molar-refractivity contribution in [2.45, 2.75) is 6.54 Å². The van der Waals surface area contributed by atoms with Crippen LogP contribution in [0.5, 0.6) is 0 Å². The van der Waals surface area contributed by atoms with Gasteiger partial charge in [-0.1, -0.05) is 23.4 Å². The lowest BCUT2D eigenvalue weighted by Gasteiger charge is -2.16. The molecule has 1 aromatic heterocycles. The zero-order valence-corrected chi connectivity index (χ0v) is 9.46. The lowest BCUT2D eigenvalue weighted by molar-refractivity contribution is 0.0775. The van der Waals surface area contributed by atoms with Gasteiger partial charge < -0.3 is 15.2 Å². The highest BCUT2D eigenvalue weighted by Gasteiger charge is 2.15. The first-order valence-electron chi connectivity index (χ1n) is 5.17. The molecule has 0 aliphatic heterocycles. The number of nitrogen functional groups attached to an aromatic ring is 1. The second-order valence-corrected chi connectivity index (χ2v) is 3.74. The molecule has 1 heterocycles. The van der Waals surface area contributed by atoms with Crippen LogP contribution in [0.3, 0.4) is 0 Å². The van der Waals surface area contributed by atoms with Crippen LogP contribution in [0, 0.1) is 0 Å². The summed E-state index contributed by atoms with van der Waals surface area (Å²) in [6.07, 6.45) is 1.37. The Kier molecular flexibility index (Phi) is 3.09. The highest BCUT2D eigenvalue weighted by Crippen LogP contribution is 2.13. The molecule has 0 aliphatic carbocycles. The van der Waals surface area contributed by atoms with Gasteiger partial charge in [0.1, 0.15) is 6.26 Å². The molecule has 1 aromatic carbocycles. The van der Waals surface area contributed by atoms with Crippen LogP contribution in [0.15, 0.2) is 41.1 Å². The summed E-state index contributed by atoms with van der Waals surface area (Å²) in [5.74, 6) is -0.193. The number of rotatable bonds is 3. The van der Waals surface area contributed by atoms with Gasteiger partial charge in [-0.2, -0.15) is 0 Å². The fourth-order valence-corrected chi connectivity index (χ4v) is 1.52. The molecule has 0 saturated carbocycles. The molecule has 5 nitrogen and oxygen atoms in total. The van der Waals surface area contributed by atoms with Crippen LogP contribution in [0.2, 0.25) is 0 Å². The molecular weight excluding hydrogens is 218 g/mol. The number of nitrogens with zero attached hydrogens (tertiary/aromatic N) is 2. The molecule has 0 bridgehead atoms. The summed E-state index contributed by atoms with van der Waals surface area (Å²) in [4.78, 5) is 13.4. The van der Waals surface area contributed by atoms with Crippen LogP contribution in [-0.2, 0) is 6.54 Å². The van der Waals surface area contributed by atoms with Gasteiger partial charge >= 0.3 is 0 Å². The number of carbonyl (C=O) groups excluding carboxylic acids is 1. The van der Waals surface area contributed by atoms with E-state index in [4.69, 9.17) is 5.73 Å². The molecule has 5 heteroatoms. The highest BCUT2D eigenvalue weighted by molar-refractivity contribution is 5.91. The topological polar surface area (TPSA) is 72.4 Å². The molecule has 17 heavy (non-hydrogen) atoms. The van der Waals surface area contributed by atoms with Gasteiger partial charge in [-0.05, 0) is 11.6 Å². The number of benzene rings is 1. The standard InChI is InChI=1S/C12H13N3O2/c1-15(12(16)11-6-7-17-14-11)8-9-4-2-3-5-10(9)13/h2-7H,8,13H2,1H3. The molecule has 0 atom stereocenters. The summed E-state index contributed by atoms with van der Waals surface area (Å²) in [6, 6.07) is 8.98. The van der Waals surface area contributed by atoms with Crippen LogP contribution in [-0.4, -0.2) is 23.0 Å². The van der Waals surface area contributed by atoms with Crippen molar-refractivity contribution in [1.82, 2.24) is 10.1 Å². The van der Waals surface area contributed by atoms with E-state index in [-0.39, 0.29) is 5.91 Å². The van der Waals surface area contributed by atoms with Gasteiger partial charge in [0.05, 0.1) is 0 Å². The van der Waals surface area contributed by atoms with Gasteiger partial charge in [0.25, 0.3) is 5.91 Å². The maximum atomic E-state index is 11.9. The number of aromatic nitrogens is 1. The van der Waals surface area contributed by atoms with E-state index in [0.29, 0.717) is 17.9 Å². The SMILES string of the molecule is CN(Cc1ccccc1N)C(=O)c1ccon1. The number of hydrogen-bond acceptors (Lipinski definition) is 4. The molecule has 0 fully saturated rings. The Bertz CT molecular complexity index is 508. The smallest absolute Gasteiger partial charge is 0.276 e. The van der Waals surface area contributed by atoms with Crippen LogP contribution in [0.1, 0.15) is 16.1 Å². The third kappa shape index (κ3) is 2.44. The van der Waals surface area contributed by atoms with Crippen molar-refractivity contribution < 1.29 is 9.32 Å². The zero-order valence-electron chi connectivity index (χ0n) is 9.46. The summed E-state index contributed by atoms with van der Waals surface area (Å²) < 4.78 is 4.64. The number of carbonyl (C=O) groups is 1. The van der Waals surface area contributed by atoms with Crippen LogP contribution in [0.25, 0.3) is 0 Å². The second-order valence-electron chi connectivity index (χ2n) is 3.74. The Morgan fingerprint density at radius 1 is 1.41 bits per heavy atom. The lowest BCUT2D eigenvalue weighted by atomic mass is 10.1. The second kappa shape index (κ2) is 4.69. The molecule has 2 N–H and O–H groups in total. The fraction of sp³-hybridized carbons (Fsp3) is 0.167. The van der Waals surface area contributed by atoms with Crippen molar-refractivity contribution in [1.29, 1.82) is 0 Å². The summed E-state index contributed by atoms with van der Waals surface area (Å²) in [5.41, 5.74) is 7.69. The third-order valence-corrected chi connectivity index (χ3v) is 2.47. The first-order valence-corrected chi connectivity index (χ1v) is 5.17. The number of para-hydroxylation sites is 1. The van der Waals surface area contributed by atoms with Gasteiger partial charge in [0, 0.05) is 25.3 Å². The van der Waals surface area contributed by atoms with E-state index in [1.807, 2.05) is 24.3 Å². The molecule has 0 saturated heterocycles. The molecular formula is C12H13N3O2. The van der Waals surface area contributed by atoms with Gasteiger partial charge in [0.15, 0.2) is 5.69 Å². The van der Waals surface area contributed by atoms with E-state index >= 15 is 0 Å². The summed E-state index contributed by atoms with van der Waals surface area (Å²) >= 11 is 0. The van der Waals surface area contributed by atoms with Crippen molar-refractivity contribution >= 4 is 11.6 Å². The van der Waals surface area contributed by atoms with Gasteiger partial charge in [0.2, 0.25) is 0 Å². The van der Waals surface area contributed by atoms with E-state index in [1.54, 1.807) is 11.9 Å². The van der Waals surface area contributed by atoms with Crippen molar-refractivity contribution in [2.75, 3.05) is 12.8 Å². The number of amides is 1. The minimum atomic E-state index is -0.193. The Labute approximate surface area is 98.8 Å². The van der Waals surface area contributed by atoms with Crippen molar-refractivity contribution in [3.05, 3.63) is 47.9 Å². The average molecular weight is 231 g/mol. The number of nitrogens with two attached hydrogens (primary N) is 1. The minimum absolute atomic E-state index is 0.193. The maximum absolute atomic E-state index is 11.9. The number of hydrogen-bond donors (Lipinski definition) is 1. The quantitative estimate of drug-likeness (QED) is 0.813. The lowest BCUT2D eigenvalue weighted by Crippen LogP contribution is -2.26. The molecule has 0 aliphatic rings. The minimum Gasteiger partial charge on any atom is -0.398 e. The summed E-state index contributed by atoms with van der Waals surface area (Å²) in [5, 5.41) is 3.60. The summed E-state index contributed by atoms with van der Waals surface area (Å²) in [6.45, 7) is 0.443. The maximum Gasteiger partial charge on any atom is 0.276 e. The van der Waals surface area contributed by atoms with Crippen LogP contribution < -0.4 is 5.73 Å². The molecule has 0 spiro atoms. The van der Waals surface area contributed by atoms with E-state index < -0.39 is 0 Å². The largest absolute Gasteiger partial charge is 0.398 e. The summed E-state index contributed by atoms with van der Waals surface area (Å²) in [7, 11) is 1.70. The first kappa shape index (κ1) is 11.2. The molecule has 88 valence electrons. The number of anilines is 1. The highest BCUT2D eigenvalue weighted by atomic mass is 16.5. The Morgan fingerprint density at radius 2 is 2.18 bits per heavy atom. The van der Waals surface area contributed by atoms with Gasteiger partial charge in [-0.15, -0.1) is 0 Å². The molecule has 1 amide bonds. The molecule has 2 rings (SSSR count). The Balaban J connectivity index is 2.10. The van der Waals surface area contributed by atoms with Gasteiger partial charge in [-0.3, -0.25) is 4.79 Å². The van der Waals surface area contributed by atoms with Gasteiger partial charge in [-0.25, -0.2) is 0 Å². The van der Waals surface area contributed by atoms with E-state index in [9.17, 15) is 4.79 Å².